The van der Waals surface area contributed by atoms with Crippen molar-refractivity contribution in [3.05, 3.63) is 30.1 Å². The number of fused-ring (bicyclic) bond motifs is 1. The van der Waals surface area contributed by atoms with Gasteiger partial charge < -0.3 is 5.73 Å². The molecular formula is C15H20N4S. The fourth-order valence-corrected chi connectivity index (χ4v) is 3.65. The molecule has 0 amide bonds. The Labute approximate surface area is 123 Å². The summed E-state index contributed by atoms with van der Waals surface area (Å²) in [6.45, 7) is 1.95. The van der Waals surface area contributed by atoms with E-state index in [9.17, 15) is 0 Å². The predicted molar refractivity (Wildman–Crippen MR) is 85.8 cm³/mol. The van der Waals surface area contributed by atoms with Gasteiger partial charge in [0.15, 0.2) is 0 Å². The van der Waals surface area contributed by atoms with Crippen LogP contribution < -0.4 is 5.73 Å². The number of rotatable bonds is 4. The highest BCUT2D eigenvalue weighted by Gasteiger charge is 2.24. The number of likely N-dealkylation sites (tertiary alicyclic amines) is 1. The smallest absolute Gasteiger partial charge is 0.145 e. The Morgan fingerprint density at radius 1 is 1.35 bits per heavy atom. The van der Waals surface area contributed by atoms with E-state index in [0.29, 0.717) is 11.9 Å². The number of nitrogens with two attached hydrogens (primary N) is 1. The highest BCUT2D eigenvalue weighted by atomic mass is 32.2. The summed E-state index contributed by atoms with van der Waals surface area (Å²) < 4.78 is 0. The van der Waals surface area contributed by atoms with Crippen LogP contribution >= 0.6 is 11.8 Å². The summed E-state index contributed by atoms with van der Waals surface area (Å²) in [4.78, 5) is 11.6. The van der Waals surface area contributed by atoms with Crippen LogP contribution in [0.25, 0.3) is 10.9 Å². The van der Waals surface area contributed by atoms with Crippen LogP contribution in [0.4, 0.5) is 5.82 Å². The fraction of sp³-hybridized carbons (Fsp3) is 0.467. The van der Waals surface area contributed by atoms with E-state index in [2.05, 4.69) is 21.1 Å². The molecule has 106 valence electrons. The van der Waals surface area contributed by atoms with Crippen molar-refractivity contribution in [2.75, 3.05) is 24.3 Å². The lowest BCUT2D eigenvalue weighted by Crippen LogP contribution is -2.31. The van der Waals surface area contributed by atoms with Gasteiger partial charge in [-0.2, -0.15) is 11.8 Å². The number of nitrogen functional groups attached to an aromatic ring is 1. The van der Waals surface area contributed by atoms with Gasteiger partial charge in [-0.1, -0.05) is 12.1 Å². The second-order valence-corrected chi connectivity index (χ2v) is 6.17. The van der Waals surface area contributed by atoms with Gasteiger partial charge in [-0.25, -0.2) is 9.97 Å². The zero-order valence-electron chi connectivity index (χ0n) is 11.7. The van der Waals surface area contributed by atoms with Crippen molar-refractivity contribution >= 4 is 28.5 Å². The molecule has 0 aliphatic carbocycles. The Morgan fingerprint density at radius 3 is 3.05 bits per heavy atom. The fourth-order valence-electron chi connectivity index (χ4n) is 2.89. The van der Waals surface area contributed by atoms with Crippen LogP contribution in [0.3, 0.4) is 0 Å². The summed E-state index contributed by atoms with van der Waals surface area (Å²) in [6, 6.07) is 8.59. The summed E-state index contributed by atoms with van der Waals surface area (Å²) >= 11 is 1.91. The van der Waals surface area contributed by atoms with Gasteiger partial charge in [0.25, 0.3) is 0 Å². The standard InChI is InChI=1S/C15H20N4S/c1-20-10-11-5-4-8-19(11)9-14-17-13-7-3-2-6-12(13)15(16)18-14/h2-3,6-7,11H,4-5,8-10H2,1H3,(H2,16,17,18)/t11-/m0/s1. The van der Waals surface area contributed by atoms with E-state index >= 15 is 0 Å². The van der Waals surface area contributed by atoms with Gasteiger partial charge in [0.05, 0.1) is 12.1 Å². The first-order chi connectivity index (χ1) is 9.78. The average molecular weight is 288 g/mol. The number of hydrogen-bond acceptors (Lipinski definition) is 5. The summed E-state index contributed by atoms with van der Waals surface area (Å²) in [5, 5.41) is 0.943. The van der Waals surface area contributed by atoms with Crippen LogP contribution in [0.2, 0.25) is 0 Å². The lowest BCUT2D eigenvalue weighted by atomic mass is 10.2. The van der Waals surface area contributed by atoms with Crippen LogP contribution in [0.1, 0.15) is 18.7 Å². The summed E-state index contributed by atoms with van der Waals surface area (Å²) in [5.41, 5.74) is 6.99. The van der Waals surface area contributed by atoms with Crippen molar-refractivity contribution in [2.24, 2.45) is 0 Å². The number of nitrogens with zero attached hydrogens (tertiary/aromatic N) is 3. The molecule has 20 heavy (non-hydrogen) atoms. The lowest BCUT2D eigenvalue weighted by Gasteiger charge is -2.23. The number of benzene rings is 1. The summed E-state index contributed by atoms with van der Waals surface area (Å²) in [5.74, 6) is 2.61. The molecule has 3 rings (SSSR count). The van der Waals surface area contributed by atoms with Crippen molar-refractivity contribution < 1.29 is 0 Å². The molecule has 1 aromatic carbocycles. The Bertz CT molecular complexity index is 601. The molecule has 5 heteroatoms. The van der Waals surface area contributed by atoms with Crippen LogP contribution in [0, 0.1) is 0 Å². The van der Waals surface area contributed by atoms with Crippen molar-refractivity contribution in [3.63, 3.8) is 0 Å². The topological polar surface area (TPSA) is 55.0 Å². The molecule has 0 spiro atoms. The maximum Gasteiger partial charge on any atom is 0.145 e. The summed E-state index contributed by atoms with van der Waals surface area (Å²) in [6.07, 6.45) is 4.72. The Hall–Kier alpha value is -1.33. The third-order valence-corrected chi connectivity index (χ3v) is 4.60. The molecule has 0 radical (unpaired) electrons. The molecule has 0 bridgehead atoms. The van der Waals surface area contributed by atoms with E-state index < -0.39 is 0 Å². The van der Waals surface area contributed by atoms with Crippen molar-refractivity contribution in [1.29, 1.82) is 0 Å². The zero-order valence-corrected chi connectivity index (χ0v) is 12.6. The normalized spacial score (nSPS) is 19.8. The molecule has 2 aromatic rings. The first kappa shape index (κ1) is 13.6. The maximum atomic E-state index is 6.05. The molecule has 1 aliphatic heterocycles. The van der Waals surface area contributed by atoms with Gasteiger partial charge in [0.2, 0.25) is 0 Å². The minimum Gasteiger partial charge on any atom is -0.383 e. The molecule has 4 nitrogen and oxygen atoms in total. The quantitative estimate of drug-likeness (QED) is 0.937. The third-order valence-electron chi connectivity index (χ3n) is 3.88. The van der Waals surface area contributed by atoms with Crippen LogP contribution in [0.5, 0.6) is 0 Å². The highest BCUT2D eigenvalue weighted by Crippen LogP contribution is 2.23. The first-order valence-electron chi connectivity index (χ1n) is 7.02. The zero-order chi connectivity index (χ0) is 13.9. The SMILES string of the molecule is CSC[C@@H]1CCCN1Cc1nc(N)c2ccccc2n1. The van der Waals surface area contributed by atoms with Crippen molar-refractivity contribution in [2.45, 2.75) is 25.4 Å². The maximum absolute atomic E-state index is 6.05. The summed E-state index contributed by atoms with van der Waals surface area (Å²) in [7, 11) is 0. The minimum absolute atomic E-state index is 0.589. The van der Waals surface area contributed by atoms with Crippen LogP contribution in [-0.4, -0.2) is 39.5 Å². The molecule has 1 saturated heterocycles. The van der Waals surface area contributed by atoms with Crippen molar-refractivity contribution in [1.82, 2.24) is 14.9 Å². The molecule has 2 N–H and O–H groups in total. The van der Waals surface area contributed by atoms with E-state index in [4.69, 9.17) is 5.73 Å². The molecule has 0 unspecified atom stereocenters. The molecule has 1 atom stereocenters. The van der Waals surface area contributed by atoms with Gasteiger partial charge >= 0.3 is 0 Å². The van der Waals surface area contributed by atoms with Crippen molar-refractivity contribution in [3.8, 4) is 0 Å². The predicted octanol–water partition coefficient (Wildman–Crippen LogP) is 2.54. The third kappa shape index (κ3) is 2.74. The minimum atomic E-state index is 0.589. The van der Waals surface area contributed by atoms with Gasteiger partial charge in [-0.3, -0.25) is 4.90 Å². The van der Waals surface area contributed by atoms with E-state index in [1.165, 1.54) is 18.6 Å². The lowest BCUT2D eigenvalue weighted by molar-refractivity contribution is 0.258. The van der Waals surface area contributed by atoms with Gasteiger partial charge in [-0.05, 0) is 37.8 Å². The van der Waals surface area contributed by atoms with E-state index in [-0.39, 0.29) is 0 Å². The van der Waals surface area contributed by atoms with E-state index in [1.54, 1.807) is 0 Å². The Morgan fingerprint density at radius 2 is 2.20 bits per heavy atom. The number of hydrogen-bond donors (Lipinski definition) is 1. The number of aromatic nitrogens is 2. The number of anilines is 1. The first-order valence-corrected chi connectivity index (χ1v) is 8.41. The van der Waals surface area contributed by atoms with Gasteiger partial charge in [0, 0.05) is 17.2 Å². The number of thioether (sulfide) groups is 1. The largest absolute Gasteiger partial charge is 0.383 e. The molecule has 2 heterocycles. The molecule has 0 saturated carbocycles. The molecule has 1 aliphatic rings. The van der Waals surface area contributed by atoms with E-state index in [0.717, 1.165) is 29.8 Å². The average Bonchev–Trinajstić information content (AvgIpc) is 2.87. The van der Waals surface area contributed by atoms with Crippen LogP contribution in [0.15, 0.2) is 24.3 Å². The second-order valence-electron chi connectivity index (χ2n) is 5.26. The monoisotopic (exact) mass is 288 g/mol. The van der Waals surface area contributed by atoms with Crippen LogP contribution in [-0.2, 0) is 6.54 Å². The Kier molecular flexibility index (Phi) is 4.08. The van der Waals surface area contributed by atoms with Gasteiger partial charge in [0.1, 0.15) is 11.6 Å². The van der Waals surface area contributed by atoms with E-state index in [1.807, 2.05) is 36.0 Å². The highest BCUT2D eigenvalue weighted by molar-refractivity contribution is 7.98. The Balaban J connectivity index is 1.84. The number of para-hydroxylation sites is 1. The molecule has 1 aromatic heterocycles. The molecule has 1 fully saturated rings. The van der Waals surface area contributed by atoms with Gasteiger partial charge in [-0.15, -0.1) is 0 Å². The molecular weight excluding hydrogens is 268 g/mol. The second kappa shape index (κ2) is 5.97.